The van der Waals surface area contributed by atoms with E-state index >= 15 is 0 Å². The van der Waals surface area contributed by atoms with E-state index in [0.717, 1.165) is 19.1 Å². The van der Waals surface area contributed by atoms with Crippen molar-refractivity contribution in [3.8, 4) is 0 Å². The summed E-state index contributed by atoms with van der Waals surface area (Å²) >= 11 is 0. The van der Waals surface area contributed by atoms with Crippen molar-refractivity contribution in [2.45, 2.75) is 31.7 Å². The molecule has 6 heteroatoms. The molecule has 1 heterocycles. The number of likely N-dealkylation sites (tertiary alicyclic amines) is 1. The van der Waals surface area contributed by atoms with Crippen LogP contribution in [0.25, 0.3) is 0 Å². The van der Waals surface area contributed by atoms with Crippen LogP contribution in [0.1, 0.15) is 26.2 Å². The molecule has 1 amide bonds. The van der Waals surface area contributed by atoms with Gasteiger partial charge in [0.1, 0.15) is 9.84 Å². The highest BCUT2D eigenvalue weighted by atomic mass is 32.2. The molecule has 1 saturated heterocycles. The summed E-state index contributed by atoms with van der Waals surface area (Å²) < 4.78 is 22.0. The zero-order valence-corrected chi connectivity index (χ0v) is 11.6. The minimum absolute atomic E-state index is 0.0476. The number of carbonyl (C=O) groups is 1. The minimum atomic E-state index is -3.05. The normalized spacial score (nSPS) is 20.3. The van der Waals surface area contributed by atoms with Crippen molar-refractivity contribution in [3.63, 3.8) is 0 Å². The Morgan fingerprint density at radius 2 is 1.88 bits per heavy atom. The molecule has 0 unspecified atom stereocenters. The first kappa shape index (κ1) is 14.4. The molecule has 1 N–H and O–H groups in total. The molecule has 1 aliphatic heterocycles. The van der Waals surface area contributed by atoms with E-state index in [1.165, 1.54) is 0 Å². The first-order chi connectivity index (χ1) is 7.76. The Kier molecular flexibility index (Phi) is 4.55. The quantitative estimate of drug-likeness (QED) is 0.776. The second kappa shape index (κ2) is 5.35. The summed E-state index contributed by atoms with van der Waals surface area (Å²) in [6.45, 7) is 3.56. The number of nitrogens with zero attached hydrogens (tertiary/aromatic N) is 1. The summed E-state index contributed by atoms with van der Waals surface area (Å²) in [5.74, 6) is -0.0976. The lowest BCUT2D eigenvalue weighted by molar-refractivity contribution is -0.132. The number of piperidine rings is 1. The maximum absolute atomic E-state index is 11.8. The molecule has 5 nitrogen and oxygen atoms in total. The van der Waals surface area contributed by atoms with E-state index in [2.05, 4.69) is 12.2 Å². The van der Waals surface area contributed by atoms with E-state index in [0.29, 0.717) is 13.1 Å². The predicted molar refractivity (Wildman–Crippen MR) is 67.6 cm³/mol. The molecule has 17 heavy (non-hydrogen) atoms. The Bertz CT molecular complexity index is 370. The van der Waals surface area contributed by atoms with Gasteiger partial charge < -0.3 is 10.2 Å². The van der Waals surface area contributed by atoms with E-state index in [-0.39, 0.29) is 23.6 Å². The molecule has 1 rings (SSSR count). The Morgan fingerprint density at radius 3 is 2.29 bits per heavy atom. The molecule has 0 radical (unpaired) electrons. The molecule has 0 aromatic heterocycles. The molecule has 1 aliphatic rings. The van der Waals surface area contributed by atoms with Gasteiger partial charge in [0.05, 0.1) is 5.75 Å². The number of rotatable bonds is 4. The van der Waals surface area contributed by atoms with Crippen molar-refractivity contribution >= 4 is 15.7 Å². The highest BCUT2D eigenvalue weighted by Crippen LogP contribution is 2.21. The average molecular weight is 262 g/mol. The van der Waals surface area contributed by atoms with Crippen LogP contribution in [-0.4, -0.2) is 56.9 Å². The molecular weight excluding hydrogens is 240 g/mol. The second-order valence-electron chi connectivity index (χ2n) is 5.07. The fourth-order valence-electron chi connectivity index (χ4n) is 1.93. The Hall–Kier alpha value is -0.620. The molecule has 0 bridgehead atoms. The Morgan fingerprint density at radius 1 is 1.35 bits per heavy atom. The fraction of sp³-hybridized carbons (Fsp3) is 0.909. The van der Waals surface area contributed by atoms with Crippen LogP contribution in [0, 0.1) is 0 Å². The van der Waals surface area contributed by atoms with Gasteiger partial charge in [-0.05, 0) is 26.8 Å². The summed E-state index contributed by atoms with van der Waals surface area (Å²) in [5, 5.41) is 3.26. The number of nitrogens with one attached hydrogen (secondary N) is 1. The Balaban J connectivity index is 2.41. The monoisotopic (exact) mass is 262 g/mol. The Labute approximate surface area is 103 Å². The number of carbonyl (C=O) groups excluding carboxylic acids is 1. The fourth-order valence-corrected chi connectivity index (χ4v) is 2.48. The van der Waals surface area contributed by atoms with Crippen LogP contribution in [0.3, 0.4) is 0 Å². The van der Waals surface area contributed by atoms with E-state index in [1.807, 2.05) is 7.05 Å². The maximum Gasteiger partial charge on any atom is 0.223 e. The maximum atomic E-state index is 11.8. The number of sulfone groups is 1. The van der Waals surface area contributed by atoms with Gasteiger partial charge in [0.15, 0.2) is 0 Å². The van der Waals surface area contributed by atoms with Gasteiger partial charge in [0.25, 0.3) is 0 Å². The zero-order valence-electron chi connectivity index (χ0n) is 10.8. The molecule has 1 fully saturated rings. The van der Waals surface area contributed by atoms with Gasteiger partial charge in [0, 0.05) is 31.3 Å². The molecule has 0 spiro atoms. The lowest BCUT2D eigenvalue weighted by Crippen LogP contribution is -2.51. The highest BCUT2D eigenvalue weighted by molar-refractivity contribution is 7.90. The van der Waals surface area contributed by atoms with E-state index in [9.17, 15) is 13.2 Å². The first-order valence-electron chi connectivity index (χ1n) is 5.90. The molecule has 0 aromatic carbocycles. The van der Waals surface area contributed by atoms with Crippen LogP contribution in [0.2, 0.25) is 0 Å². The topological polar surface area (TPSA) is 66.5 Å². The number of hydrogen-bond acceptors (Lipinski definition) is 4. The largest absolute Gasteiger partial charge is 0.343 e. The molecular formula is C11H22N2O3S. The third kappa shape index (κ3) is 4.63. The summed E-state index contributed by atoms with van der Waals surface area (Å²) in [4.78, 5) is 13.6. The molecule has 0 atom stereocenters. The third-order valence-electron chi connectivity index (χ3n) is 3.51. The standard InChI is InChI=1S/C11H22N2O3S/c1-11(12-2)5-7-13(8-6-11)10(14)4-9-17(3,15)16/h12H,4-9H2,1-3H3. The zero-order chi connectivity index (χ0) is 13.1. The van der Waals surface area contributed by atoms with Crippen molar-refractivity contribution in [2.24, 2.45) is 0 Å². The highest BCUT2D eigenvalue weighted by Gasteiger charge is 2.30. The first-order valence-corrected chi connectivity index (χ1v) is 7.96. The third-order valence-corrected chi connectivity index (χ3v) is 4.46. The van der Waals surface area contributed by atoms with Crippen LogP contribution in [0.15, 0.2) is 0 Å². The van der Waals surface area contributed by atoms with Gasteiger partial charge in [-0.15, -0.1) is 0 Å². The van der Waals surface area contributed by atoms with Gasteiger partial charge in [-0.1, -0.05) is 0 Å². The van der Waals surface area contributed by atoms with E-state index in [1.54, 1.807) is 4.90 Å². The minimum Gasteiger partial charge on any atom is -0.343 e. The van der Waals surface area contributed by atoms with Gasteiger partial charge in [0.2, 0.25) is 5.91 Å². The smallest absolute Gasteiger partial charge is 0.223 e. The summed E-state index contributed by atoms with van der Waals surface area (Å²) in [7, 11) is -1.11. The van der Waals surface area contributed by atoms with Crippen LogP contribution in [0.4, 0.5) is 0 Å². The van der Waals surface area contributed by atoms with Crippen molar-refractivity contribution in [2.75, 3.05) is 32.1 Å². The van der Waals surface area contributed by atoms with E-state index < -0.39 is 9.84 Å². The summed E-state index contributed by atoms with van der Waals surface area (Å²) in [6, 6.07) is 0. The molecule has 0 saturated carbocycles. The second-order valence-corrected chi connectivity index (χ2v) is 7.33. The van der Waals surface area contributed by atoms with Crippen molar-refractivity contribution < 1.29 is 13.2 Å². The van der Waals surface area contributed by atoms with Crippen molar-refractivity contribution in [1.29, 1.82) is 0 Å². The summed E-state index contributed by atoms with van der Waals surface area (Å²) in [5.41, 5.74) is 0.105. The predicted octanol–water partition coefficient (Wildman–Crippen LogP) is 0.0216. The van der Waals surface area contributed by atoms with Crippen LogP contribution in [-0.2, 0) is 14.6 Å². The lowest BCUT2D eigenvalue weighted by atomic mass is 9.90. The van der Waals surface area contributed by atoms with Crippen molar-refractivity contribution in [1.82, 2.24) is 10.2 Å². The molecule has 100 valence electrons. The van der Waals surface area contributed by atoms with Crippen LogP contribution in [0.5, 0.6) is 0 Å². The van der Waals surface area contributed by atoms with Crippen LogP contribution < -0.4 is 5.32 Å². The van der Waals surface area contributed by atoms with Gasteiger partial charge in [-0.3, -0.25) is 4.79 Å². The average Bonchev–Trinajstić information content (AvgIpc) is 2.26. The van der Waals surface area contributed by atoms with Gasteiger partial charge >= 0.3 is 0 Å². The van der Waals surface area contributed by atoms with Crippen molar-refractivity contribution in [3.05, 3.63) is 0 Å². The van der Waals surface area contributed by atoms with Gasteiger partial charge in [-0.25, -0.2) is 8.42 Å². The SMILES string of the molecule is CNC1(C)CCN(C(=O)CCS(C)(=O)=O)CC1. The van der Waals surface area contributed by atoms with Crippen LogP contribution >= 0.6 is 0 Å². The summed E-state index contributed by atoms with van der Waals surface area (Å²) in [6.07, 6.45) is 3.09. The molecule has 0 aromatic rings. The molecule has 0 aliphatic carbocycles. The van der Waals surface area contributed by atoms with Gasteiger partial charge in [-0.2, -0.15) is 0 Å². The number of hydrogen-bond donors (Lipinski definition) is 1. The lowest BCUT2D eigenvalue weighted by Gasteiger charge is -2.39. The van der Waals surface area contributed by atoms with E-state index in [4.69, 9.17) is 0 Å². The number of amides is 1.